The van der Waals surface area contributed by atoms with E-state index in [0.717, 1.165) is 12.0 Å². The molecule has 0 bridgehead atoms. The molecule has 0 fully saturated rings. The molecule has 1 aliphatic rings. The maximum absolute atomic E-state index is 13.6. The van der Waals surface area contributed by atoms with E-state index in [-0.39, 0.29) is 42.9 Å². The summed E-state index contributed by atoms with van der Waals surface area (Å²) in [4.78, 5) is 31.0. The van der Waals surface area contributed by atoms with E-state index in [1.54, 1.807) is 33.3 Å². The van der Waals surface area contributed by atoms with E-state index < -0.39 is 5.54 Å². The van der Waals surface area contributed by atoms with Crippen LogP contribution in [0.25, 0.3) is 0 Å². The van der Waals surface area contributed by atoms with Crippen LogP contribution in [0.2, 0.25) is 0 Å². The van der Waals surface area contributed by atoms with Gasteiger partial charge in [-0.15, -0.1) is 11.3 Å². The molecule has 3 rings (SSSR count). The summed E-state index contributed by atoms with van der Waals surface area (Å²) < 4.78 is 19.5. The number of carbonyl (C=O) groups excluding carboxylic acids is 2. The van der Waals surface area contributed by atoms with Crippen LogP contribution in [-0.2, 0) is 11.2 Å². The first-order valence-electron chi connectivity index (χ1n) is 11.3. The van der Waals surface area contributed by atoms with Crippen LogP contribution in [0.4, 0.5) is 9.18 Å². The van der Waals surface area contributed by atoms with Crippen LogP contribution < -0.4 is 10.1 Å². The quantitative estimate of drug-likeness (QED) is 0.622. The summed E-state index contributed by atoms with van der Waals surface area (Å²) >= 11 is 1.67. The van der Waals surface area contributed by atoms with Gasteiger partial charge in [0, 0.05) is 29.6 Å². The second kappa shape index (κ2) is 10.5. The summed E-state index contributed by atoms with van der Waals surface area (Å²) in [6, 6.07) is 7.50. The highest BCUT2D eigenvalue weighted by Crippen LogP contribution is 2.34. The third-order valence-corrected chi connectivity index (χ3v) is 6.30. The summed E-state index contributed by atoms with van der Waals surface area (Å²) in [6.07, 6.45) is 0.771. The Hall–Kier alpha value is -2.61. The number of ether oxygens (including phenoxy) is 1. The van der Waals surface area contributed by atoms with Crippen molar-refractivity contribution in [3.63, 3.8) is 0 Å². The third kappa shape index (κ3) is 6.93. The minimum atomic E-state index is -0.395. The first-order valence-corrected chi connectivity index (χ1v) is 12.2. The van der Waals surface area contributed by atoms with Gasteiger partial charge in [-0.1, -0.05) is 19.9 Å². The number of rotatable bonds is 7. The summed E-state index contributed by atoms with van der Waals surface area (Å²) in [5, 5.41) is 4.99. The summed E-state index contributed by atoms with van der Waals surface area (Å²) in [5.41, 5.74) is 0.665. The zero-order valence-electron chi connectivity index (χ0n) is 20.1. The Balaban J connectivity index is 1.77. The maximum Gasteiger partial charge on any atom is 0.318 e. The number of benzene rings is 1. The molecule has 2 heterocycles. The van der Waals surface area contributed by atoms with Crippen molar-refractivity contribution in [1.82, 2.24) is 15.1 Å². The van der Waals surface area contributed by atoms with Crippen LogP contribution >= 0.6 is 11.3 Å². The van der Waals surface area contributed by atoms with Crippen molar-refractivity contribution < 1.29 is 18.7 Å². The molecule has 0 aliphatic carbocycles. The fourth-order valence-electron chi connectivity index (χ4n) is 3.92. The first-order chi connectivity index (χ1) is 15.5. The van der Waals surface area contributed by atoms with Crippen molar-refractivity contribution in [2.24, 2.45) is 5.92 Å². The van der Waals surface area contributed by atoms with Crippen molar-refractivity contribution in [1.29, 1.82) is 0 Å². The van der Waals surface area contributed by atoms with Crippen LogP contribution in [-0.4, -0.2) is 53.5 Å². The molecule has 3 amide bonds. The largest absolute Gasteiger partial charge is 0.491 e. The summed E-state index contributed by atoms with van der Waals surface area (Å²) in [6.45, 7) is 11.1. The van der Waals surface area contributed by atoms with Gasteiger partial charge in [0.15, 0.2) is 0 Å². The van der Waals surface area contributed by atoms with Crippen LogP contribution in [0.1, 0.15) is 51.1 Å². The molecule has 0 radical (unpaired) electrons. The number of halogens is 1. The Bertz CT molecular complexity index is 970. The van der Waals surface area contributed by atoms with Crippen molar-refractivity contribution >= 4 is 23.3 Å². The molecule has 0 saturated heterocycles. The van der Waals surface area contributed by atoms with Gasteiger partial charge >= 0.3 is 6.03 Å². The lowest BCUT2D eigenvalue weighted by Gasteiger charge is -2.37. The minimum Gasteiger partial charge on any atom is -0.491 e. The lowest BCUT2D eigenvalue weighted by atomic mass is 10.0. The number of nitrogens with zero attached hydrogens (tertiary/aromatic N) is 2. The average Bonchev–Trinajstić information content (AvgIpc) is 3.19. The predicted molar refractivity (Wildman–Crippen MR) is 129 cm³/mol. The molecular weight excluding hydrogens is 441 g/mol. The average molecular weight is 476 g/mol. The lowest BCUT2D eigenvalue weighted by molar-refractivity contribution is -0.135. The number of hydrogen-bond donors (Lipinski definition) is 1. The number of nitrogens with one attached hydrogen (secondary N) is 1. The Labute approximate surface area is 199 Å². The molecule has 0 saturated carbocycles. The second-order valence-corrected chi connectivity index (χ2v) is 10.9. The van der Waals surface area contributed by atoms with Crippen molar-refractivity contribution in [3.8, 4) is 5.75 Å². The molecule has 0 unspecified atom stereocenters. The maximum atomic E-state index is 13.6. The fraction of sp³-hybridized carbons (Fsp3) is 0.520. The topological polar surface area (TPSA) is 61.9 Å². The molecule has 8 heteroatoms. The Kier molecular flexibility index (Phi) is 8.00. The number of carbonyl (C=O) groups is 2. The van der Waals surface area contributed by atoms with Crippen molar-refractivity contribution in [2.45, 2.75) is 52.6 Å². The van der Waals surface area contributed by atoms with Crippen LogP contribution in [0.3, 0.4) is 0 Å². The van der Waals surface area contributed by atoms with Gasteiger partial charge in [-0.05, 0) is 62.3 Å². The molecule has 0 spiro atoms. The van der Waals surface area contributed by atoms with Crippen LogP contribution in [0, 0.1) is 11.7 Å². The minimum absolute atomic E-state index is 0.00394. The van der Waals surface area contributed by atoms with Crippen LogP contribution in [0.5, 0.6) is 5.75 Å². The fourth-order valence-corrected chi connectivity index (χ4v) is 4.85. The normalized spacial score (nSPS) is 15.8. The summed E-state index contributed by atoms with van der Waals surface area (Å²) in [5.74, 6) is 0.162. The molecule has 180 valence electrons. The van der Waals surface area contributed by atoms with E-state index in [1.165, 1.54) is 17.0 Å². The van der Waals surface area contributed by atoms with E-state index in [1.807, 2.05) is 46.1 Å². The molecule has 1 aromatic heterocycles. The SMILES string of the molecule is CC(C)CN(CC(=O)N1CCc2sccc2[C@H]1COc1cccc(F)c1)C(=O)NC(C)(C)C. The molecule has 1 aromatic carbocycles. The van der Waals surface area contributed by atoms with E-state index >= 15 is 0 Å². The number of urea groups is 1. The first kappa shape index (κ1) is 25.0. The van der Waals surface area contributed by atoms with Crippen molar-refractivity contribution in [3.05, 3.63) is 52.0 Å². The zero-order chi connectivity index (χ0) is 24.2. The number of fused-ring (bicyclic) bond motifs is 1. The molecule has 2 aromatic rings. The Morgan fingerprint density at radius 2 is 2.06 bits per heavy atom. The zero-order valence-corrected chi connectivity index (χ0v) is 20.9. The lowest BCUT2D eigenvalue weighted by Crippen LogP contribution is -2.53. The van der Waals surface area contributed by atoms with Gasteiger partial charge in [0.1, 0.15) is 24.7 Å². The monoisotopic (exact) mass is 475 g/mol. The van der Waals surface area contributed by atoms with Gasteiger partial charge < -0.3 is 19.9 Å². The summed E-state index contributed by atoms with van der Waals surface area (Å²) in [7, 11) is 0. The van der Waals surface area contributed by atoms with Gasteiger partial charge in [-0.3, -0.25) is 4.79 Å². The molecule has 1 aliphatic heterocycles. The smallest absolute Gasteiger partial charge is 0.318 e. The van der Waals surface area contributed by atoms with Gasteiger partial charge in [0.25, 0.3) is 0 Å². The number of thiophene rings is 1. The highest BCUT2D eigenvalue weighted by Gasteiger charge is 2.34. The van der Waals surface area contributed by atoms with E-state index in [2.05, 4.69) is 5.32 Å². The van der Waals surface area contributed by atoms with E-state index in [0.29, 0.717) is 18.8 Å². The van der Waals surface area contributed by atoms with E-state index in [4.69, 9.17) is 4.74 Å². The second-order valence-electron chi connectivity index (χ2n) is 9.87. The van der Waals surface area contributed by atoms with Gasteiger partial charge in [0.2, 0.25) is 5.91 Å². The Morgan fingerprint density at radius 3 is 2.73 bits per heavy atom. The molecule has 33 heavy (non-hydrogen) atoms. The van der Waals surface area contributed by atoms with Gasteiger partial charge in [-0.25, -0.2) is 9.18 Å². The van der Waals surface area contributed by atoms with Gasteiger partial charge in [0.05, 0.1) is 6.04 Å². The highest BCUT2D eigenvalue weighted by atomic mass is 32.1. The van der Waals surface area contributed by atoms with Gasteiger partial charge in [-0.2, -0.15) is 0 Å². The predicted octanol–water partition coefficient (Wildman–Crippen LogP) is 4.86. The van der Waals surface area contributed by atoms with E-state index in [9.17, 15) is 14.0 Å². The Morgan fingerprint density at radius 1 is 1.30 bits per heavy atom. The number of hydrogen-bond acceptors (Lipinski definition) is 4. The molecule has 1 N–H and O–H groups in total. The molecular formula is C25H34FN3O3S. The number of amides is 3. The highest BCUT2D eigenvalue weighted by molar-refractivity contribution is 7.10. The molecule has 6 nitrogen and oxygen atoms in total. The standard InChI is InChI=1S/C25H34FN3O3S/c1-17(2)14-28(24(31)27-25(3,4)5)15-23(30)29-11-9-22-20(10-12-33-22)21(29)16-32-19-8-6-7-18(26)13-19/h6-8,10,12-13,17,21H,9,11,14-16H2,1-5H3,(H,27,31)/t21-/m1/s1. The molecule has 1 atom stereocenters. The van der Waals surface area contributed by atoms with Crippen LogP contribution in [0.15, 0.2) is 35.7 Å². The van der Waals surface area contributed by atoms with Crippen molar-refractivity contribution in [2.75, 3.05) is 26.2 Å². The third-order valence-electron chi connectivity index (χ3n) is 5.30.